The first-order valence-electron chi connectivity index (χ1n) is 9.41. The lowest BCUT2D eigenvalue weighted by Gasteiger charge is -2.25. The van der Waals surface area contributed by atoms with Crippen molar-refractivity contribution in [1.29, 1.82) is 0 Å². The zero-order valence-corrected chi connectivity index (χ0v) is 17.9. The van der Waals surface area contributed by atoms with Gasteiger partial charge < -0.3 is 18.6 Å². The number of methoxy groups -OCH3 is 1. The predicted octanol–water partition coefficient (Wildman–Crippen LogP) is 2.55. The highest BCUT2D eigenvalue weighted by Gasteiger charge is 2.36. The summed E-state index contributed by atoms with van der Waals surface area (Å²) in [7, 11) is 1.22. The van der Waals surface area contributed by atoms with Crippen LogP contribution < -0.4 is 14.8 Å². The summed E-state index contributed by atoms with van der Waals surface area (Å²) in [5.74, 6) is -1.58. The fourth-order valence-corrected chi connectivity index (χ4v) is 3.10. The molecule has 1 aromatic heterocycles. The Kier molecular flexibility index (Phi) is 7.16. The fraction of sp³-hybridized carbons (Fsp3) is 0.238. The molecule has 2 heterocycles. The summed E-state index contributed by atoms with van der Waals surface area (Å²) in [5, 5.41) is 2.21. The third kappa shape index (κ3) is 5.09. The second-order valence-corrected chi connectivity index (χ2v) is 6.82. The van der Waals surface area contributed by atoms with E-state index in [0.717, 1.165) is 4.90 Å². The number of imide groups is 2. The van der Waals surface area contributed by atoms with Crippen LogP contribution in [0.4, 0.5) is 4.79 Å². The van der Waals surface area contributed by atoms with Crippen LogP contribution in [0, 0.1) is 0 Å². The van der Waals surface area contributed by atoms with Crippen molar-refractivity contribution < 1.29 is 37.8 Å². The quantitative estimate of drug-likeness (QED) is 0.360. The van der Waals surface area contributed by atoms with Gasteiger partial charge in [0.2, 0.25) is 0 Å². The number of furan rings is 1. The molecule has 168 valence electrons. The first-order chi connectivity index (χ1) is 15.3. The molecule has 1 aliphatic heterocycles. The van der Waals surface area contributed by atoms with E-state index in [1.807, 2.05) is 0 Å². The molecule has 0 radical (unpaired) electrons. The number of rotatable bonds is 8. The van der Waals surface area contributed by atoms with Gasteiger partial charge in [-0.05, 0) is 42.8 Å². The number of carbonyl (C=O) groups is 4. The van der Waals surface area contributed by atoms with Gasteiger partial charge in [-0.2, -0.15) is 0 Å². The molecule has 1 N–H and O–H groups in total. The monoisotopic (exact) mass is 462 g/mol. The Balaban J connectivity index is 1.92. The molecule has 1 fully saturated rings. The van der Waals surface area contributed by atoms with E-state index in [0.29, 0.717) is 11.3 Å². The zero-order valence-electron chi connectivity index (χ0n) is 17.2. The normalized spacial score (nSPS) is 15.0. The van der Waals surface area contributed by atoms with Gasteiger partial charge >= 0.3 is 12.0 Å². The van der Waals surface area contributed by atoms with Gasteiger partial charge in [0, 0.05) is 0 Å². The maximum Gasteiger partial charge on any atom is 0.343 e. The fourth-order valence-electron chi connectivity index (χ4n) is 2.83. The van der Waals surface area contributed by atoms with Gasteiger partial charge in [0.15, 0.2) is 18.1 Å². The lowest BCUT2D eigenvalue weighted by molar-refractivity contribution is -0.143. The average molecular weight is 463 g/mol. The number of carbonyl (C=O) groups excluding carboxylic acids is 4. The Bertz CT molecular complexity index is 1080. The Labute approximate surface area is 187 Å². The lowest BCUT2D eigenvalue weighted by atomic mass is 10.1. The van der Waals surface area contributed by atoms with Crippen molar-refractivity contribution in [1.82, 2.24) is 10.2 Å². The number of hydrogen-bond acceptors (Lipinski definition) is 8. The third-order valence-electron chi connectivity index (χ3n) is 4.28. The first kappa shape index (κ1) is 22.9. The topological polar surface area (TPSA) is 124 Å². The van der Waals surface area contributed by atoms with Crippen molar-refractivity contribution in [2.24, 2.45) is 0 Å². The van der Waals surface area contributed by atoms with Crippen LogP contribution in [-0.2, 0) is 25.7 Å². The SMILES string of the molecule is CCOc1cc(C=C2C(=O)NC(=O)N(Cc3ccco3)C2=O)cc(Cl)c1OCC(=O)OC. The Morgan fingerprint density at radius 2 is 2.03 bits per heavy atom. The molecule has 2 aromatic rings. The molecule has 11 heteroatoms. The van der Waals surface area contributed by atoms with Crippen molar-refractivity contribution >= 4 is 41.5 Å². The number of benzene rings is 1. The molecule has 0 aliphatic carbocycles. The highest BCUT2D eigenvalue weighted by Crippen LogP contribution is 2.37. The van der Waals surface area contributed by atoms with Crippen LogP contribution >= 0.6 is 11.6 Å². The molecule has 0 atom stereocenters. The summed E-state index contributed by atoms with van der Waals surface area (Å²) in [6, 6.07) is 5.28. The van der Waals surface area contributed by atoms with Gasteiger partial charge in [-0.1, -0.05) is 11.6 Å². The Morgan fingerprint density at radius 3 is 2.69 bits per heavy atom. The number of hydrogen-bond donors (Lipinski definition) is 1. The Morgan fingerprint density at radius 1 is 1.25 bits per heavy atom. The highest BCUT2D eigenvalue weighted by atomic mass is 35.5. The number of nitrogens with one attached hydrogen (secondary N) is 1. The van der Waals surface area contributed by atoms with Gasteiger partial charge in [0.05, 0.1) is 31.5 Å². The van der Waals surface area contributed by atoms with E-state index in [2.05, 4.69) is 10.1 Å². The van der Waals surface area contributed by atoms with E-state index >= 15 is 0 Å². The van der Waals surface area contributed by atoms with Crippen molar-refractivity contribution in [3.05, 3.63) is 52.4 Å². The van der Waals surface area contributed by atoms with Crippen LogP contribution in [0.1, 0.15) is 18.2 Å². The molecule has 32 heavy (non-hydrogen) atoms. The minimum Gasteiger partial charge on any atom is -0.490 e. The maximum absolute atomic E-state index is 12.8. The van der Waals surface area contributed by atoms with Gasteiger partial charge in [-0.15, -0.1) is 0 Å². The van der Waals surface area contributed by atoms with Crippen LogP contribution in [0.15, 0.2) is 40.5 Å². The molecule has 1 saturated heterocycles. The molecule has 1 aromatic carbocycles. The van der Waals surface area contributed by atoms with Gasteiger partial charge in [0.1, 0.15) is 11.3 Å². The molecule has 0 unspecified atom stereocenters. The van der Waals surface area contributed by atoms with E-state index in [1.165, 1.54) is 31.6 Å². The van der Waals surface area contributed by atoms with Crippen LogP contribution in [-0.4, -0.2) is 49.0 Å². The summed E-state index contributed by atoms with van der Waals surface area (Å²) >= 11 is 6.29. The number of urea groups is 1. The minimum absolute atomic E-state index is 0.0823. The van der Waals surface area contributed by atoms with Crippen LogP contribution in [0.5, 0.6) is 11.5 Å². The summed E-state index contributed by atoms with van der Waals surface area (Å²) < 4.78 is 20.6. The van der Waals surface area contributed by atoms with E-state index in [9.17, 15) is 19.2 Å². The molecule has 0 bridgehead atoms. The second-order valence-electron chi connectivity index (χ2n) is 6.42. The summed E-state index contributed by atoms with van der Waals surface area (Å²) in [6.45, 7) is 1.46. The van der Waals surface area contributed by atoms with Gasteiger partial charge in [0.25, 0.3) is 11.8 Å². The summed E-state index contributed by atoms with van der Waals surface area (Å²) in [6.07, 6.45) is 2.68. The van der Waals surface area contributed by atoms with E-state index in [-0.39, 0.29) is 41.9 Å². The molecular weight excluding hydrogens is 444 g/mol. The number of halogens is 1. The molecule has 0 saturated carbocycles. The van der Waals surface area contributed by atoms with Crippen molar-refractivity contribution in [3.63, 3.8) is 0 Å². The first-order valence-corrected chi connectivity index (χ1v) is 9.79. The summed E-state index contributed by atoms with van der Waals surface area (Å²) in [4.78, 5) is 49.5. The molecule has 10 nitrogen and oxygen atoms in total. The number of amides is 4. The van der Waals surface area contributed by atoms with Crippen LogP contribution in [0.3, 0.4) is 0 Å². The largest absolute Gasteiger partial charge is 0.490 e. The van der Waals surface area contributed by atoms with Crippen molar-refractivity contribution in [2.45, 2.75) is 13.5 Å². The molecule has 0 spiro atoms. The molecule has 3 rings (SSSR count). The highest BCUT2D eigenvalue weighted by molar-refractivity contribution is 6.33. The average Bonchev–Trinajstić information content (AvgIpc) is 3.27. The maximum atomic E-state index is 12.8. The smallest absolute Gasteiger partial charge is 0.343 e. The standard InChI is InChI=1S/C21H19ClN2O8/c1-3-30-16-9-12(8-15(22)18(16)32-11-17(25)29-2)7-14-19(26)23-21(28)24(20(14)27)10-13-5-4-6-31-13/h4-9H,3,10-11H2,1-2H3,(H,23,26,28). The second kappa shape index (κ2) is 10.0. The zero-order chi connectivity index (χ0) is 23.3. The van der Waals surface area contributed by atoms with Crippen LogP contribution in [0.25, 0.3) is 6.08 Å². The van der Waals surface area contributed by atoms with Crippen molar-refractivity contribution in [2.75, 3.05) is 20.3 Å². The van der Waals surface area contributed by atoms with Crippen molar-refractivity contribution in [3.8, 4) is 11.5 Å². The van der Waals surface area contributed by atoms with E-state index in [4.69, 9.17) is 25.5 Å². The van der Waals surface area contributed by atoms with E-state index in [1.54, 1.807) is 19.1 Å². The predicted molar refractivity (Wildman–Crippen MR) is 111 cm³/mol. The number of ether oxygens (including phenoxy) is 3. The van der Waals surface area contributed by atoms with Crippen LogP contribution in [0.2, 0.25) is 5.02 Å². The minimum atomic E-state index is -0.854. The third-order valence-corrected chi connectivity index (χ3v) is 4.57. The number of esters is 1. The van der Waals surface area contributed by atoms with Gasteiger partial charge in [-0.25, -0.2) is 9.59 Å². The number of nitrogens with zero attached hydrogens (tertiary/aromatic N) is 1. The van der Waals surface area contributed by atoms with E-state index < -0.39 is 23.8 Å². The summed E-state index contributed by atoms with van der Waals surface area (Å²) in [5.41, 5.74) is 0.0626. The Hall–Kier alpha value is -3.79. The van der Waals surface area contributed by atoms with Gasteiger partial charge in [-0.3, -0.25) is 19.8 Å². The number of barbiturate groups is 1. The molecule has 1 aliphatic rings. The molecule has 4 amide bonds. The molecular formula is C21H19ClN2O8. The lowest BCUT2D eigenvalue weighted by Crippen LogP contribution is -2.53.